The molecule has 110 valence electrons. The summed E-state index contributed by atoms with van der Waals surface area (Å²) in [6.07, 6.45) is 1.11. The number of esters is 1. The molecule has 0 N–H and O–H groups in total. The zero-order valence-corrected chi connectivity index (χ0v) is 11.6. The molecular weight excluding hydrogens is 274 g/mol. The molecule has 1 heterocycles. The van der Waals surface area contributed by atoms with E-state index in [-0.39, 0.29) is 11.3 Å². The second-order valence-electron chi connectivity index (χ2n) is 4.83. The van der Waals surface area contributed by atoms with Gasteiger partial charge in [0, 0.05) is 19.2 Å². The van der Waals surface area contributed by atoms with E-state index in [1.807, 2.05) is 4.90 Å². The number of hydrogen-bond acceptors (Lipinski definition) is 6. The van der Waals surface area contributed by atoms with E-state index in [1.165, 1.54) is 19.1 Å². The van der Waals surface area contributed by atoms with Crippen molar-refractivity contribution in [2.45, 2.75) is 25.9 Å². The molecule has 1 atom stereocenters. The van der Waals surface area contributed by atoms with Gasteiger partial charge in [0.1, 0.15) is 11.8 Å². The summed E-state index contributed by atoms with van der Waals surface area (Å²) in [6.45, 7) is 2.98. The molecule has 1 aromatic rings. The molecule has 1 aromatic carbocycles. The second kappa shape index (κ2) is 6.22. The van der Waals surface area contributed by atoms with Crippen molar-refractivity contribution in [1.82, 2.24) is 0 Å². The Morgan fingerprint density at radius 1 is 1.48 bits per heavy atom. The van der Waals surface area contributed by atoms with E-state index in [2.05, 4.69) is 0 Å². The lowest BCUT2D eigenvalue weighted by molar-refractivity contribution is -0.384. The Morgan fingerprint density at radius 2 is 2.14 bits per heavy atom. The molecule has 0 spiro atoms. The second-order valence-corrected chi connectivity index (χ2v) is 4.83. The van der Waals surface area contributed by atoms with Crippen molar-refractivity contribution in [3.8, 4) is 6.07 Å². The molecule has 1 saturated heterocycles. The van der Waals surface area contributed by atoms with Gasteiger partial charge in [-0.1, -0.05) is 0 Å². The summed E-state index contributed by atoms with van der Waals surface area (Å²) in [5.74, 6) is -0.736. The van der Waals surface area contributed by atoms with Crippen molar-refractivity contribution in [2.24, 2.45) is 0 Å². The van der Waals surface area contributed by atoms with Crippen LogP contribution < -0.4 is 4.90 Å². The van der Waals surface area contributed by atoms with Crippen LogP contribution in [0.5, 0.6) is 0 Å². The Labute approximate surface area is 121 Å². The normalized spacial score (nSPS) is 15.3. The van der Waals surface area contributed by atoms with Crippen molar-refractivity contribution < 1.29 is 14.5 Å². The molecule has 1 fully saturated rings. The van der Waals surface area contributed by atoms with Gasteiger partial charge in [0.2, 0.25) is 0 Å². The molecule has 0 unspecified atom stereocenters. The number of ether oxygens (including phenoxy) is 1. The molecule has 0 aliphatic carbocycles. The third-order valence-corrected chi connectivity index (χ3v) is 3.32. The van der Waals surface area contributed by atoms with Gasteiger partial charge in [0.15, 0.2) is 6.10 Å². The Balaban J connectivity index is 2.30. The Morgan fingerprint density at radius 3 is 2.71 bits per heavy atom. The van der Waals surface area contributed by atoms with Crippen LogP contribution in [0.25, 0.3) is 0 Å². The van der Waals surface area contributed by atoms with Gasteiger partial charge in [0.05, 0.1) is 10.5 Å². The summed E-state index contributed by atoms with van der Waals surface area (Å²) in [5, 5.41) is 19.8. The van der Waals surface area contributed by atoms with Crippen LogP contribution in [0.1, 0.15) is 30.1 Å². The summed E-state index contributed by atoms with van der Waals surface area (Å²) in [6, 6.07) is 6.04. The number of nitro benzene ring substituents is 1. The molecule has 2 rings (SSSR count). The molecule has 0 aromatic heterocycles. The first kappa shape index (κ1) is 14.8. The van der Waals surface area contributed by atoms with Crippen LogP contribution in [-0.4, -0.2) is 30.1 Å². The first-order valence-electron chi connectivity index (χ1n) is 6.67. The van der Waals surface area contributed by atoms with Crippen molar-refractivity contribution in [1.29, 1.82) is 5.26 Å². The van der Waals surface area contributed by atoms with Crippen LogP contribution in [0.3, 0.4) is 0 Å². The minimum atomic E-state index is -0.894. The van der Waals surface area contributed by atoms with Crippen molar-refractivity contribution in [3.63, 3.8) is 0 Å². The van der Waals surface area contributed by atoms with Gasteiger partial charge >= 0.3 is 5.97 Å². The van der Waals surface area contributed by atoms with Crippen LogP contribution in [0.15, 0.2) is 18.2 Å². The van der Waals surface area contributed by atoms with Gasteiger partial charge in [-0.15, -0.1) is 0 Å². The molecule has 7 heteroatoms. The minimum Gasteiger partial charge on any atom is -0.444 e. The van der Waals surface area contributed by atoms with Crippen LogP contribution >= 0.6 is 0 Å². The quantitative estimate of drug-likeness (QED) is 0.479. The first-order chi connectivity index (χ1) is 10.0. The molecule has 0 saturated carbocycles. The summed E-state index contributed by atoms with van der Waals surface area (Å²) in [4.78, 5) is 24.5. The zero-order valence-electron chi connectivity index (χ0n) is 11.6. The van der Waals surface area contributed by atoms with Crippen molar-refractivity contribution in [3.05, 3.63) is 33.9 Å². The molecule has 0 bridgehead atoms. The molecule has 7 nitrogen and oxygen atoms in total. The fourth-order valence-electron chi connectivity index (χ4n) is 2.28. The Kier molecular flexibility index (Phi) is 4.38. The largest absolute Gasteiger partial charge is 0.444 e. The van der Waals surface area contributed by atoms with Crippen molar-refractivity contribution in [2.75, 3.05) is 18.0 Å². The monoisotopic (exact) mass is 289 g/mol. The molecular formula is C14H15N3O4. The summed E-state index contributed by atoms with van der Waals surface area (Å²) in [5.41, 5.74) is 0.477. The van der Waals surface area contributed by atoms with E-state index in [4.69, 9.17) is 10.00 Å². The average Bonchev–Trinajstić information content (AvgIpc) is 3.00. The number of nitriles is 1. The van der Waals surface area contributed by atoms with Crippen LogP contribution in [0.4, 0.5) is 11.4 Å². The number of benzene rings is 1. The van der Waals surface area contributed by atoms with E-state index in [9.17, 15) is 14.9 Å². The number of nitrogens with zero attached hydrogens (tertiary/aromatic N) is 3. The number of rotatable bonds is 4. The summed E-state index contributed by atoms with van der Waals surface area (Å²) >= 11 is 0. The topological polar surface area (TPSA) is 96.5 Å². The maximum Gasteiger partial charge on any atom is 0.339 e. The zero-order chi connectivity index (χ0) is 15.4. The molecule has 1 aliphatic heterocycles. The van der Waals surface area contributed by atoms with Gasteiger partial charge in [-0.05, 0) is 31.9 Å². The highest BCUT2D eigenvalue weighted by molar-refractivity contribution is 5.91. The average molecular weight is 289 g/mol. The van der Waals surface area contributed by atoms with Gasteiger partial charge in [-0.3, -0.25) is 10.1 Å². The van der Waals surface area contributed by atoms with E-state index < -0.39 is 17.0 Å². The number of carbonyl (C=O) groups excluding carboxylic acids is 1. The van der Waals surface area contributed by atoms with E-state index in [0.29, 0.717) is 5.69 Å². The standard InChI is InChI=1S/C14H15N3O4/c1-10(9-15)21-14(18)11-4-5-12(13(8-11)17(19)20)16-6-2-3-7-16/h4-5,8,10H,2-3,6-7H2,1H3/t10-/m1/s1. The summed E-state index contributed by atoms with van der Waals surface area (Å²) in [7, 11) is 0. The van der Waals surface area contributed by atoms with Crippen molar-refractivity contribution >= 4 is 17.3 Å². The fourth-order valence-corrected chi connectivity index (χ4v) is 2.28. The molecule has 0 radical (unpaired) electrons. The predicted molar refractivity (Wildman–Crippen MR) is 75.0 cm³/mol. The van der Waals surface area contributed by atoms with Crippen LogP contribution in [-0.2, 0) is 4.74 Å². The lowest BCUT2D eigenvalue weighted by atomic mass is 10.1. The third-order valence-electron chi connectivity index (χ3n) is 3.32. The Bertz CT molecular complexity index is 603. The Hall–Kier alpha value is -2.62. The maximum absolute atomic E-state index is 11.8. The minimum absolute atomic E-state index is 0.0757. The molecule has 1 aliphatic rings. The highest BCUT2D eigenvalue weighted by Crippen LogP contribution is 2.31. The lowest BCUT2D eigenvalue weighted by Gasteiger charge is -2.17. The summed E-state index contributed by atoms with van der Waals surface area (Å²) < 4.78 is 4.85. The number of hydrogen-bond donors (Lipinski definition) is 0. The van der Waals surface area contributed by atoms with Gasteiger partial charge in [-0.2, -0.15) is 5.26 Å². The maximum atomic E-state index is 11.8. The third kappa shape index (κ3) is 3.28. The fraction of sp³-hybridized carbons (Fsp3) is 0.429. The SMILES string of the molecule is C[C@H](C#N)OC(=O)c1ccc(N2CCCC2)c([N+](=O)[O-])c1. The van der Waals surface area contributed by atoms with Gasteiger partial charge in [-0.25, -0.2) is 4.79 Å². The highest BCUT2D eigenvalue weighted by Gasteiger charge is 2.24. The molecule has 0 amide bonds. The predicted octanol–water partition coefficient (Wildman–Crippen LogP) is 2.26. The van der Waals surface area contributed by atoms with E-state index in [1.54, 1.807) is 12.1 Å². The van der Waals surface area contributed by atoms with E-state index in [0.717, 1.165) is 25.9 Å². The van der Waals surface area contributed by atoms with Gasteiger partial charge in [0.25, 0.3) is 5.69 Å². The first-order valence-corrected chi connectivity index (χ1v) is 6.67. The van der Waals surface area contributed by atoms with Crippen LogP contribution in [0, 0.1) is 21.4 Å². The number of carbonyl (C=O) groups is 1. The van der Waals surface area contributed by atoms with Crippen LogP contribution in [0.2, 0.25) is 0 Å². The lowest BCUT2D eigenvalue weighted by Crippen LogP contribution is -2.19. The van der Waals surface area contributed by atoms with Gasteiger partial charge < -0.3 is 9.64 Å². The number of anilines is 1. The van der Waals surface area contributed by atoms with E-state index >= 15 is 0 Å². The number of nitro groups is 1. The smallest absolute Gasteiger partial charge is 0.339 e. The molecule has 21 heavy (non-hydrogen) atoms. The highest BCUT2D eigenvalue weighted by atomic mass is 16.6.